The minimum absolute atomic E-state index is 0.575. The quantitative estimate of drug-likeness (QED) is 0.805. The summed E-state index contributed by atoms with van der Waals surface area (Å²) in [6.07, 6.45) is 6.64. The van der Waals surface area contributed by atoms with E-state index in [4.69, 9.17) is 11.6 Å². The summed E-state index contributed by atoms with van der Waals surface area (Å²) in [5.41, 5.74) is 2.52. The highest BCUT2D eigenvalue weighted by molar-refractivity contribution is 9.10. The number of nitrogens with one attached hydrogen (secondary N) is 1. The van der Waals surface area contributed by atoms with E-state index in [1.165, 1.54) is 18.5 Å². The van der Waals surface area contributed by atoms with E-state index in [0.717, 1.165) is 17.9 Å². The minimum atomic E-state index is 0.575. The molecular formula is C12H12BrClN2. The summed E-state index contributed by atoms with van der Waals surface area (Å²) < 4.78 is 0.717. The molecule has 1 N–H and O–H groups in total. The average molecular weight is 300 g/mol. The third-order valence-electron chi connectivity index (χ3n) is 3.46. The maximum Gasteiger partial charge on any atom is 0.124 e. The smallest absolute Gasteiger partial charge is 0.124 e. The van der Waals surface area contributed by atoms with Crippen molar-refractivity contribution < 1.29 is 0 Å². The van der Waals surface area contributed by atoms with Gasteiger partial charge < -0.3 is 5.32 Å². The fourth-order valence-electron chi connectivity index (χ4n) is 2.38. The number of fused-ring (bicyclic) bond motifs is 1. The Labute approximate surface area is 108 Å². The van der Waals surface area contributed by atoms with Crippen LogP contribution in [0.1, 0.15) is 18.4 Å². The van der Waals surface area contributed by atoms with Crippen LogP contribution >= 0.6 is 27.5 Å². The fraction of sp³-hybridized carbons (Fsp3) is 0.417. The van der Waals surface area contributed by atoms with Crippen LogP contribution in [0.25, 0.3) is 5.57 Å². The van der Waals surface area contributed by atoms with E-state index in [2.05, 4.69) is 32.3 Å². The maximum absolute atomic E-state index is 6.06. The molecule has 0 saturated carbocycles. The number of pyridine rings is 1. The van der Waals surface area contributed by atoms with Crippen molar-refractivity contribution in [1.29, 1.82) is 0 Å². The molecule has 3 rings (SSSR count). The van der Waals surface area contributed by atoms with Crippen LogP contribution < -0.4 is 5.32 Å². The maximum atomic E-state index is 6.06. The molecule has 1 aromatic heterocycles. The van der Waals surface area contributed by atoms with Gasteiger partial charge in [-0.15, -0.1) is 0 Å². The zero-order chi connectivity index (χ0) is 11.1. The monoisotopic (exact) mass is 298 g/mol. The Balaban J connectivity index is 1.91. The number of aromatic nitrogens is 1. The first-order valence-electron chi connectivity index (χ1n) is 5.49. The second kappa shape index (κ2) is 4.13. The van der Waals surface area contributed by atoms with Gasteiger partial charge >= 0.3 is 0 Å². The lowest BCUT2D eigenvalue weighted by atomic mass is 9.79. The van der Waals surface area contributed by atoms with Crippen molar-refractivity contribution >= 4 is 33.1 Å². The van der Waals surface area contributed by atoms with E-state index in [1.54, 1.807) is 0 Å². The van der Waals surface area contributed by atoms with Gasteiger partial charge in [0, 0.05) is 18.8 Å². The number of halogens is 2. The van der Waals surface area contributed by atoms with Crippen LogP contribution in [0.4, 0.5) is 0 Å². The van der Waals surface area contributed by atoms with E-state index in [-0.39, 0.29) is 0 Å². The second-order valence-corrected chi connectivity index (χ2v) is 5.58. The molecular weight excluding hydrogens is 288 g/mol. The van der Waals surface area contributed by atoms with E-state index < -0.39 is 0 Å². The van der Waals surface area contributed by atoms with Crippen LogP contribution in [-0.4, -0.2) is 17.6 Å². The van der Waals surface area contributed by atoms with Crippen molar-refractivity contribution in [3.8, 4) is 0 Å². The number of hydrogen-bond acceptors (Lipinski definition) is 2. The highest BCUT2D eigenvalue weighted by atomic mass is 79.9. The van der Waals surface area contributed by atoms with Crippen LogP contribution in [0.2, 0.25) is 5.02 Å². The molecule has 1 saturated heterocycles. The second-order valence-electron chi connectivity index (χ2n) is 4.42. The van der Waals surface area contributed by atoms with Gasteiger partial charge in [0.2, 0.25) is 0 Å². The number of allylic oxidation sites excluding steroid dienone is 1. The lowest BCUT2D eigenvalue weighted by Crippen LogP contribution is -2.52. The summed E-state index contributed by atoms with van der Waals surface area (Å²) in [4.78, 5) is 4.24. The Kier molecular flexibility index (Phi) is 2.78. The molecule has 2 nitrogen and oxygen atoms in total. The first-order valence-corrected chi connectivity index (χ1v) is 6.66. The molecule has 0 spiro atoms. The molecule has 1 aliphatic heterocycles. The highest BCUT2D eigenvalue weighted by Crippen LogP contribution is 2.35. The van der Waals surface area contributed by atoms with Crippen LogP contribution in [0.3, 0.4) is 0 Å². The fourth-order valence-corrected chi connectivity index (χ4v) is 2.76. The molecule has 0 amide bonds. The minimum Gasteiger partial charge on any atom is -0.310 e. The van der Waals surface area contributed by atoms with Crippen molar-refractivity contribution in [1.82, 2.24) is 10.3 Å². The van der Waals surface area contributed by atoms with Gasteiger partial charge in [-0.1, -0.05) is 17.7 Å². The van der Waals surface area contributed by atoms with Gasteiger partial charge in [0.15, 0.2) is 0 Å². The molecule has 16 heavy (non-hydrogen) atoms. The van der Waals surface area contributed by atoms with Gasteiger partial charge in [0.05, 0.1) is 5.02 Å². The van der Waals surface area contributed by atoms with Gasteiger partial charge in [-0.25, -0.2) is 4.98 Å². The normalized spacial score (nSPS) is 28.0. The van der Waals surface area contributed by atoms with Crippen LogP contribution in [0.5, 0.6) is 0 Å². The summed E-state index contributed by atoms with van der Waals surface area (Å²) in [6.45, 7) is 1.17. The molecule has 84 valence electrons. The first-order chi connectivity index (χ1) is 7.74. The van der Waals surface area contributed by atoms with Gasteiger partial charge in [-0.2, -0.15) is 0 Å². The molecule has 2 atom stereocenters. The summed E-state index contributed by atoms with van der Waals surface area (Å²) >= 11 is 9.37. The van der Waals surface area contributed by atoms with E-state index in [9.17, 15) is 0 Å². The summed E-state index contributed by atoms with van der Waals surface area (Å²) in [6, 6.07) is 2.56. The van der Waals surface area contributed by atoms with E-state index in [1.807, 2.05) is 12.3 Å². The zero-order valence-electron chi connectivity index (χ0n) is 8.71. The lowest BCUT2D eigenvalue weighted by molar-refractivity contribution is 0.256. The lowest BCUT2D eigenvalue weighted by Gasteiger charge is -2.40. The molecule has 0 radical (unpaired) electrons. The first kappa shape index (κ1) is 10.8. The molecule has 0 bridgehead atoms. The number of rotatable bonds is 1. The number of hydrogen-bond donors (Lipinski definition) is 1. The van der Waals surface area contributed by atoms with Gasteiger partial charge in [-0.3, -0.25) is 0 Å². The molecule has 2 aliphatic rings. The van der Waals surface area contributed by atoms with Gasteiger partial charge in [0.1, 0.15) is 4.60 Å². The molecule has 1 aromatic rings. The number of nitrogens with zero attached hydrogens (tertiary/aromatic N) is 1. The molecule has 0 aromatic carbocycles. The van der Waals surface area contributed by atoms with Gasteiger partial charge in [-0.05, 0) is 51.9 Å². The Morgan fingerprint density at radius 1 is 1.50 bits per heavy atom. The molecule has 4 heteroatoms. The third-order valence-corrected chi connectivity index (χ3v) is 4.60. The summed E-state index contributed by atoms with van der Waals surface area (Å²) in [5.74, 6) is 0.850. The molecule has 2 heterocycles. The Bertz CT molecular complexity index is 458. The van der Waals surface area contributed by atoms with Crippen molar-refractivity contribution in [3.63, 3.8) is 0 Å². The summed E-state index contributed by atoms with van der Waals surface area (Å²) in [7, 11) is 0. The van der Waals surface area contributed by atoms with Crippen LogP contribution in [-0.2, 0) is 0 Å². The average Bonchev–Trinajstić information content (AvgIpc) is 2.24. The van der Waals surface area contributed by atoms with Crippen molar-refractivity contribution in [3.05, 3.63) is 33.5 Å². The van der Waals surface area contributed by atoms with Crippen molar-refractivity contribution in [2.24, 2.45) is 5.92 Å². The molecule has 1 fully saturated rings. The van der Waals surface area contributed by atoms with Crippen LogP contribution in [0.15, 0.2) is 22.9 Å². The largest absolute Gasteiger partial charge is 0.310 e. The Hall–Kier alpha value is -0.380. The van der Waals surface area contributed by atoms with Crippen molar-refractivity contribution in [2.75, 3.05) is 6.54 Å². The predicted octanol–water partition coefficient (Wildman–Crippen LogP) is 3.26. The summed E-state index contributed by atoms with van der Waals surface area (Å²) in [5, 5.41) is 4.12. The highest BCUT2D eigenvalue weighted by Gasteiger charge is 2.31. The Morgan fingerprint density at radius 2 is 2.38 bits per heavy atom. The van der Waals surface area contributed by atoms with Crippen molar-refractivity contribution in [2.45, 2.75) is 18.9 Å². The van der Waals surface area contributed by atoms with Crippen LogP contribution in [0, 0.1) is 5.92 Å². The predicted molar refractivity (Wildman–Crippen MR) is 69.4 cm³/mol. The van der Waals surface area contributed by atoms with Gasteiger partial charge in [0.25, 0.3) is 0 Å². The van der Waals surface area contributed by atoms with E-state index in [0.29, 0.717) is 15.7 Å². The molecule has 1 aliphatic carbocycles. The Morgan fingerprint density at radius 3 is 3.00 bits per heavy atom. The van der Waals surface area contributed by atoms with E-state index >= 15 is 0 Å². The third kappa shape index (κ3) is 1.81. The standard InChI is InChI=1S/C12H12BrClN2/c13-12-10(14)3-9(6-16-12)7-1-2-8-5-15-11(8)4-7/h3-4,6,8,11,15H,1-2,5H2. The topological polar surface area (TPSA) is 24.9 Å². The SMILES string of the molecule is Clc1cc(C2=CC3NCC3CC2)cnc1Br. The zero-order valence-corrected chi connectivity index (χ0v) is 11.1. The molecule has 2 unspecified atom stereocenters.